The summed E-state index contributed by atoms with van der Waals surface area (Å²) >= 11 is 3.13. The summed E-state index contributed by atoms with van der Waals surface area (Å²) in [5.41, 5.74) is 5.19. The average Bonchev–Trinajstić information content (AvgIpc) is 2.73. The van der Waals surface area contributed by atoms with Crippen LogP contribution in [0.1, 0.15) is 75.2 Å². The Morgan fingerprint density at radius 1 is 0.765 bits per heavy atom. The Bertz CT molecular complexity index is 1160. The van der Waals surface area contributed by atoms with Gasteiger partial charge < -0.3 is 9.97 Å². The van der Waals surface area contributed by atoms with Crippen LogP contribution in [0.5, 0.6) is 0 Å². The van der Waals surface area contributed by atoms with Crippen LogP contribution in [0.25, 0.3) is 0 Å². The average molecular weight is 499 g/mol. The molecule has 2 aromatic heterocycles. The third kappa shape index (κ3) is 6.85. The zero-order chi connectivity index (χ0) is 24.8. The van der Waals surface area contributed by atoms with Crippen molar-refractivity contribution in [3.05, 3.63) is 78.6 Å². The molecule has 3 rings (SSSR count). The number of rotatable bonds is 10. The highest BCUT2D eigenvalue weighted by Crippen LogP contribution is 2.22. The van der Waals surface area contributed by atoms with E-state index in [0.717, 1.165) is 33.6 Å². The summed E-state index contributed by atoms with van der Waals surface area (Å²) in [6.07, 6.45) is 2.45. The predicted octanol–water partition coefficient (Wildman–Crippen LogP) is 5.16. The van der Waals surface area contributed by atoms with Crippen molar-refractivity contribution in [1.29, 1.82) is 0 Å². The number of hydrogen-bond acceptors (Lipinski definition) is 6. The van der Waals surface area contributed by atoms with Crippen LogP contribution in [-0.4, -0.2) is 30.4 Å². The van der Waals surface area contributed by atoms with E-state index in [2.05, 4.69) is 55.9 Å². The van der Waals surface area contributed by atoms with E-state index < -0.39 is 0 Å². The number of nitrogens with zero attached hydrogens (tertiary/aromatic N) is 2. The maximum Gasteiger partial charge on any atom is 0.254 e. The number of thioether (sulfide) groups is 2. The second kappa shape index (κ2) is 11.9. The fourth-order valence-electron chi connectivity index (χ4n) is 3.86. The first kappa shape index (κ1) is 26.3. The van der Waals surface area contributed by atoms with Gasteiger partial charge in [0.15, 0.2) is 10.3 Å². The molecule has 0 fully saturated rings. The highest BCUT2D eigenvalue weighted by molar-refractivity contribution is 7.99. The van der Waals surface area contributed by atoms with Crippen molar-refractivity contribution in [3.63, 3.8) is 0 Å². The van der Waals surface area contributed by atoms with Gasteiger partial charge in [0, 0.05) is 34.5 Å². The third-order valence-electron chi connectivity index (χ3n) is 5.30. The maximum atomic E-state index is 12.6. The summed E-state index contributed by atoms with van der Waals surface area (Å²) in [6, 6.07) is 8.28. The summed E-state index contributed by atoms with van der Waals surface area (Å²) in [5, 5.41) is 2.00. The first-order chi connectivity index (χ1) is 16.2. The summed E-state index contributed by atoms with van der Waals surface area (Å²) in [6.45, 7) is 12.3. The summed E-state index contributed by atoms with van der Waals surface area (Å²) in [4.78, 5) is 40.7. The van der Waals surface area contributed by atoms with E-state index in [9.17, 15) is 9.59 Å². The minimum Gasteiger partial charge on any atom is -0.301 e. The molecule has 0 saturated heterocycles. The van der Waals surface area contributed by atoms with Crippen LogP contribution >= 0.6 is 23.5 Å². The summed E-state index contributed by atoms with van der Waals surface area (Å²) in [7, 11) is 0. The molecule has 1 aromatic carbocycles. The van der Waals surface area contributed by atoms with Crippen molar-refractivity contribution in [2.45, 2.75) is 88.0 Å². The molecule has 0 saturated carbocycles. The van der Waals surface area contributed by atoms with Crippen molar-refractivity contribution in [3.8, 4) is 0 Å². The zero-order valence-corrected chi connectivity index (χ0v) is 22.5. The molecule has 0 radical (unpaired) electrons. The lowest BCUT2D eigenvalue weighted by Crippen LogP contribution is -2.19. The lowest BCUT2D eigenvalue weighted by molar-refractivity contribution is 0.827. The van der Waals surface area contributed by atoms with Gasteiger partial charge in [-0.15, -0.1) is 0 Å². The smallest absolute Gasteiger partial charge is 0.254 e. The van der Waals surface area contributed by atoms with Crippen molar-refractivity contribution >= 4 is 23.5 Å². The molecule has 6 nitrogen and oxygen atoms in total. The number of nitrogens with one attached hydrogen (secondary N) is 2. The molecule has 8 heteroatoms. The maximum absolute atomic E-state index is 12.6. The van der Waals surface area contributed by atoms with Gasteiger partial charge in [-0.1, -0.05) is 89.3 Å². The molecular weight excluding hydrogens is 464 g/mol. The topological polar surface area (TPSA) is 91.5 Å². The molecule has 0 aliphatic carbocycles. The van der Waals surface area contributed by atoms with Gasteiger partial charge >= 0.3 is 0 Å². The monoisotopic (exact) mass is 498 g/mol. The Hall–Kier alpha value is -2.32. The van der Waals surface area contributed by atoms with Crippen LogP contribution in [0, 0.1) is 0 Å². The molecule has 0 unspecified atom stereocenters. The highest BCUT2D eigenvalue weighted by Gasteiger charge is 2.15. The first-order valence-corrected chi connectivity index (χ1v) is 13.6. The summed E-state index contributed by atoms with van der Waals surface area (Å²) < 4.78 is 0. The number of H-pyrrole nitrogens is 2. The largest absolute Gasteiger partial charge is 0.301 e. The fraction of sp³-hybridized carbons (Fsp3) is 0.462. The lowest BCUT2D eigenvalue weighted by Gasteiger charge is -2.12. The van der Waals surface area contributed by atoms with Crippen LogP contribution in [0.4, 0.5) is 0 Å². The zero-order valence-electron chi connectivity index (χ0n) is 20.8. The van der Waals surface area contributed by atoms with Gasteiger partial charge in [-0.3, -0.25) is 9.59 Å². The normalized spacial score (nSPS) is 11.5. The van der Waals surface area contributed by atoms with E-state index in [4.69, 9.17) is 9.97 Å². The quantitative estimate of drug-likeness (QED) is 0.296. The molecular formula is C26H34N4O2S2. The number of benzene rings is 1. The molecule has 0 spiro atoms. The SMILES string of the molecule is CCc1c(Cc2cccc(Cc3nc(SC(C)C)[nH]c(=O)c3CC)c2)nc(SC(C)C)[nH]c1=O. The van der Waals surface area contributed by atoms with E-state index in [1.54, 1.807) is 23.5 Å². The van der Waals surface area contributed by atoms with Crippen LogP contribution in [0.3, 0.4) is 0 Å². The molecule has 34 heavy (non-hydrogen) atoms. The molecule has 3 aromatic rings. The number of aromatic amines is 2. The lowest BCUT2D eigenvalue weighted by atomic mass is 9.99. The molecule has 182 valence electrons. The van der Waals surface area contributed by atoms with Gasteiger partial charge in [-0.05, 0) is 24.0 Å². The van der Waals surface area contributed by atoms with E-state index in [1.165, 1.54) is 0 Å². The van der Waals surface area contributed by atoms with Crippen molar-refractivity contribution in [1.82, 2.24) is 19.9 Å². The second-order valence-electron chi connectivity index (χ2n) is 8.81. The second-order valence-corrected chi connectivity index (χ2v) is 11.9. The van der Waals surface area contributed by atoms with E-state index >= 15 is 0 Å². The first-order valence-electron chi connectivity index (χ1n) is 11.8. The Balaban J connectivity index is 1.92. The van der Waals surface area contributed by atoms with Crippen LogP contribution < -0.4 is 11.1 Å². The van der Waals surface area contributed by atoms with E-state index in [1.807, 2.05) is 19.9 Å². The minimum atomic E-state index is -0.0534. The standard InChI is InChI=1S/C26H34N4O2S2/c1-7-19-21(27-25(29-23(19)31)33-15(3)4)13-17-10-9-11-18(12-17)14-22-20(8-2)24(32)30-26(28-22)34-16(5)6/h9-12,15-16H,7-8,13-14H2,1-6H3,(H,27,29,31)(H,28,30,32). The van der Waals surface area contributed by atoms with Crippen molar-refractivity contribution in [2.75, 3.05) is 0 Å². The van der Waals surface area contributed by atoms with Crippen molar-refractivity contribution in [2.24, 2.45) is 0 Å². The fourth-order valence-corrected chi connectivity index (χ4v) is 5.38. The van der Waals surface area contributed by atoms with Gasteiger partial charge in [0.25, 0.3) is 11.1 Å². The molecule has 0 atom stereocenters. The van der Waals surface area contributed by atoms with Gasteiger partial charge in [0.2, 0.25) is 0 Å². The Morgan fingerprint density at radius 3 is 1.53 bits per heavy atom. The number of hydrogen-bond donors (Lipinski definition) is 2. The highest BCUT2D eigenvalue weighted by atomic mass is 32.2. The van der Waals surface area contributed by atoms with E-state index in [0.29, 0.717) is 46.5 Å². The van der Waals surface area contributed by atoms with Gasteiger partial charge in [-0.2, -0.15) is 0 Å². The summed E-state index contributed by atoms with van der Waals surface area (Å²) in [5.74, 6) is 0. The van der Waals surface area contributed by atoms with E-state index in [-0.39, 0.29) is 11.1 Å². The minimum absolute atomic E-state index is 0.0534. The van der Waals surface area contributed by atoms with Crippen LogP contribution in [0.2, 0.25) is 0 Å². The van der Waals surface area contributed by atoms with Crippen LogP contribution in [-0.2, 0) is 25.7 Å². The van der Waals surface area contributed by atoms with Crippen LogP contribution in [0.15, 0.2) is 44.2 Å². The van der Waals surface area contributed by atoms with Gasteiger partial charge in [-0.25, -0.2) is 9.97 Å². The Labute approximate surface area is 209 Å². The molecule has 0 amide bonds. The molecule has 0 bridgehead atoms. The molecule has 0 aliphatic heterocycles. The molecule has 0 aliphatic rings. The van der Waals surface area contributed by atoms with Gasteiger partial charge in [0.05, 0.1) is 11.4 Å². The van der Waals surface area contributed by atoms with Crippen molar-refractivity contribution < 1.29 is 0 Å². The Kier molecular flexibility index (Phi) is 9.19. The molecule has 2 heterocycles. The third-order valence-corrected chi connectivity index (χ3v) is 7.07. The Morgan fingerprint density at radius 2 is 1.18 bits per heavy atom. The number of aromatic nitrogens is 4. The predicted molar refractivity (Wildman–Crippen MR) is 143 cm³/mol. The molecule has 2 N–H and O–H groups in total. The van der Waals surface area contributed by atoms with Gasteiger partial charge in [0.1, 0.15) is 0 Å².